The Morgan fingerprint density at radius 1 is 1.16 bits per heavy atom. The molecule has 1 saturated heterocycles. The molecule has 5 heteroatoms. The first-order valence-corrected chi connectivity index (χ1v) is 11.4. The fourth-order valence-corrected chi connectivity index (χ4v) is 4.30. The molecular formula is C27H32N2O3. The second kappa shape index (κ2) is 8.91. The molecule has 1 amide bonds. The number of pyridine rings is 1. The van der Waals surface area contributed by atoms with Gasteiger partial charge in [-0.15, -0.1) is 0 Å². The lowest BCUT2D eigenvalue weighted by Gasteiger charge is -2.26. The molecule has 1 aliphatic heterocycles. The molecule has 32 heavy (non-hydrogen) atoms. The molecular weight excluding hydrogens is 400 g/mol. The average molecular weight is 433 g/mol. The maximum absolute atomic E-state index is 13.5. The Balaban J connectivity index is 1.65. The molecule has 168 valence electrons. The number of benzene rings is 2. The average Bonchev–Trinajstić information content (AvgIpc) is 3.27. The largest absolute Gasteiger partial charge is 0.376 e. The minimum absolute atomic E-state index is 0.00887. The van der Waals surface area contributed by atoms with Gasteiger partial charge in [0.25, 0.3) is 11.5 Å². The number of aromatic nitrogens is 1. The van der Waals surface area contributed by atoms with Crippen LogP contribution < -0.4 is 5.56 Å². The van der Waals surface area contributed by atoms with Gasteiger partial charge in [-0.05, 0) is 59.9 Å². The quantitative estimate of drug-likeness (QED) is 0.620. The summed E-state index contributed by atoms with van der Waals surface area (Å²) < 4.78 is 5.81. The number of carbonyl (C=O) groups is 1. The van der Waals surface area contributed by atoms with Gasteiger partial charge in [-0.1, -0.05) is 51.1 Å². The number of nitrogens with zero attached hydrogens (tertiary/aromatic N) is 1. The Morgan fingerprint density at radius 3 is 2.56 bits per heavy atom. The van der Waals surface area contributed by atoms with Crippen molar-refractivity contribution in [2.45, 2.75) is 58.6 Å². The summed E-state index contributed by atoms with van der Waals surface area (Å²) in [6, 6.07) is 15.7. The Morgan fingerprint density at radius 2 is 1.91 bits per heavy atom. The van der Waals surface area contributed by atoms with Crippen LogP contribution in [0, 0.1) is 6.92 Å². The number of hydrogen-bond donors (Lipinski definition) is 1. The van der Waals surface area contributed by atoms with E-state index in [1.54, 1.807) is 4.90 Å². The first kappa shape index (κ1) is 22.3. The van der Waals surface area contributed by atoms with Crippen molar-refractivity contribution in [1.29, 1.82) is 0 Å². The van der Waals surface area contributed by atoms with Crippen LogP contribution in [0.25, 0.3) is 10.9 Å². The highest BCUT2D eigenvalue weighted by molar-refractivity contribution is 5.94. The number of amides is 1. The predicted octanol–water partition coefficient (Wildman–Crippen LogP) is 4.96. The number of aromatic amines is 1. The molecule has 1 unspecified atom stereocenters. The molecule has 0 saturated carbocycles. The summed E-state index contributed by atoms with van der Waals surface area (Å²) >= 11 is 0. The van der Waals surface area contributed by atoms with E-state index in [1.807, 2.05) is 55.5 Å². The number of ether oxygens (including phenoxy) is 1. The van der Waals surface area contributed by atoms with E-state index in [-0.39, 0.29) is 29.5 Å². The van der Waals surface area contributed by atoms with Crippen molar-refractivity contribution in [3.63, 3.8) is 0 Å². The summed E-state index contributed by atoms with van der Waals surface area (Å²) in [5.74, 6) is -0.0790. The molecule has 2 heterocycles. The second-order valence-electron chi connectivity index (χ2n) is 9.81. The van der Waals surface area contributed by atoms with Crippen LogP contribution in [0.5, 0.6) is 0 Å². The second-order valence-corrected chi connectivity index (χ2v) is 9.81. The zero-order valence-corrected chi connectivity index (χ0v) is 19.4. The zero-order valence-electron chi connectivity index (χ0n) is 19.4. The van der Waals surface area contributed by atoms with Crippen LogP contribution in [0.4, 0.5) is 0 Å². The highest BCUT2D eigenvalue weighted by Gasteiger charge is 2.25. The van der Waals surface area contributed by atoms with E-state index in [1.165, 1.54) is 5.56 Å². The molecule has 5 nitrogen and oxygen atoms in total. The summed E-state index contributed by atoms with van der Waals surface area (Å²) in [5.41, 5.74) is 4.13. The van der Waals surface area contributed by atoms with E-state index >= 15 is 0 Å². The van der Waals surface area contributed by atoms with Crippen LogP contribution in [-0.2, 0) is 16.7 Å². The minimum Gasteiger partial charge on any atom is -0.376 e. The van der Waals surface area contributed by atoms with Crippen LogP contribution in [-0.4, -0.2) is 35.0 Å². The maximum Gasteiger partial charge on any atom is 0.254 e. The third kappa shape index (κ3) is 4.78. The van der Waals surface area contributed by atoms with Crippen LogP contribution in [0.1, 0.15) is 60.7 Å². The monoisotopic (exact) mass is 432 g/mol. The van der Waals surface area contributed by atoms with Gasteiger partial charge in [0.1, 0.15) is 0 Å². The molecule has 0 bridgehead atoms. The Labute approximate surface area is 189 Å². The van der Waals surface area contributed by atoms with E-state index in [2.05, 4.69) is 25.8 Å². The van der Waals surface area contributed by atoms with Gasteiger partial charge in [0.15, 0.2) is 0 Å². The number of para-hydroxylation sites is 1. The normalized spacial score (nSPS) is 16.4. The van der Waals surface area contributed by atoms with Gasteiger partial charge in [-0.25, -0.2) is 0 Å². The minimum atomic E-state index is -0.153. The van der Waals surface area contributed by atoms with Gasteiger partial charge < -0.3 is 14.6 Å². The van der Waals surface area contributed by atoms with Gasteiger partial charge in [0, 0.05) is 24.3 Å². The number of H-pyrrole nitrogens is 1. The van der Waals surface area contributed by atoms with E-state index in [9.17, 15) is 9.59 Å². The summed E-state index contributed by atoms with van der Waals surface area (Å²) in [7, 11) is 0. The molecule has 1 aromatic heterocycles. The van der Waals surface area contributed by atoms with Crippen molar-refractivity contribution >= 4 is 16.8 Å². The first-order chi connectivity index (χ1) is 15.2. The summed E-state index contributed by atoms with van der Waals surface area (Å²) in [6.45, 7) is 9.89. The molecule has 2 aromatic carbocycles. The van der Waals surface area contributed by atoms with Gasteiger partial charge in [0.2, 0.25) is 0 Å². The maximum atomic E-state index is 13.5. The van der Waals surface area contributed by atoms with Crippen LogP contribution >= 0.6 is 0 Å². The molecule has 0 radical (unpaired) electrons. The van der Waals surface area contributed by atoms with Crippen molar-refractivity contribution in [2.75, 3.05) is 13.2 Å². The van der Waals surface area contributed by atoms with Crippen LogP contribution in [0.2, 0.25) is 0 Å². The molecule has 1 fully saturated rings. The molecule has 0 aliphatic carbocycles. The Kier molecular flexibility index (Phi) is 6.20. The zero-order chi connectivity index (χ0) is 22.9. The number of aryl methyl sites for hydroxylation is 1. The predicted molar refractivity (Wildman–Crippen MR) is 128 cm³/mol. The Bertz CT molecular complexity index is 1170. The van der Waals surface area contributed by atoms with Crippen molar-refractivity contribution < 1.29 is 9.53 Å². The van der Waals surface area contributed by atoms with Crippen LogP contribution in [0.3, 0.4) is 0 Å². The lowest BCUT2D eigenvalue weighted by atomic mass is 9.86. The fourth-order valence-electron chi connectivity index (χ4n) is 4.30. The number of carbonyl (C=O) groups excluding carboxylic acids is 1. The smallest absolute Gasteiger partial charge is 0.254 e. The number of hydrogen-bond acceptors (Lipinski definition) is 3. The molecule has 3 aromatic rings. The number of fused-ring (bicyclic) bond motifs is 1. The third-order valence-corrected chi connectivity index (χ3v) is 6.26. The van der Waals surface area contributed by atoms with Gasteiger partial charge in [-0.2, -0.15) is 0 Å². The lowest BCUT2D eigenvalue weighted by Crippen LogP contribution is -2.38. The van der Waals surface area contributed by atoms with Crippen LogP contribution in [0.15, 0.2) is 53.3 Å². The van der Waals surface area contributed by atoms with E-state index in [0.29, 0.717) is 17.7 Å². The molecule has 0 spiro atoms. The standard InChI is InChI=1S/C27H32N2O3/c1-18-7-5-8-20-15-21(25(30)28-24(18)20)16-29(17-23-9-6-14-32-23)26(31)19-10-12-22(13-11-19)27(2,3)4/h5,7-8,10-13,15,23H,6,9,14,16-17H2,1-4H3,(H,28,30). The summed E-state index contributed by atoms with van der Waals surface area (Å²) in [4.78, 5) is 31.1. The van der Waals surface area contributed by atoms with Gasteiger partial charge in [0.05, 0.1) is 18.2 Å². The van der Waals surface area contributed by atoms with Crippen molar-refractivity contribution in [3.05, 3.63) is 81.1 Å². The molecule has 1 aliphatic rings. The molecule has 1 N–H and O–H groups in total. The summed E-state index contributed by atoms with van der Waals surface area (Å²) in [6.07, 6.45) is 1.94. The first-order valence-electron chi connectivity index (χ1n) is 11.4. The lowest BCUT2D eigenvalue weighted by molar-refractivity contribution is 0.0506. The summed E-state index contributed by atoms with van der Waals surface area (Å²) in [5, 5.41) is 0.971. The Hall–Kier alpha value is -2.92. The molecule has 4 rings (SSSR count). The van der Waals surface area contributed by atoms with Crippen molar-refractivity contribution in [1.82, 2.24) is 9.88 Å². The highest BCUT2D eigenvalue weighted by atomic mass is 16.5. The number of nitrogens with one attached hydrogen (secondary N) is 1. The van der Waals surface area contributed by atoms with Gasteiger partial charge >= 0.3 is 0 Å². The SMILES string of the molecule is Cc1cccc2cc(CN(CC3CCCO3)C(=O)c3ccc(C(C)(C)C)cc3)c(=O)[nH]c12. The number of rotatable bonds is 5. The highest BCUT2D eigenvalue weighted by Crippen LogP contribution is 2.24. The third-order valence-electron chi connectivity index (χ3n) is 6.26. The van der Waals surface area contributed by atoms with E-state index in [0.717, 1.165) is 35.9 Å². The van der Waals surface area contributed by atoms with E-state index in [4.69, 9.17) is 4.74 Å². The fraction of sp³-hybridized carbons (Fsp3) is 0.407. The molecule has 1 atom stereocenters. The van der Waals surface area contributed by atoms with E-state index < -0.39 is 0 Å². The topological polar surface area (TPSA) is 62.4 Å². The van der Waals surface area contributed by atoms with Crippen molar-refractivity contribution in [3.8, 4) is 0 Å². The van der Waals surface area contributed by atoms with Crippen molar-refractivity contribution in [2.24, 2.45) is 0 Å². The van der Waals surface area contributed by atoms with Gasteiger partial charge in [-0.3, -0.25) is 9.59 Å².